The lowest BCUT2D eigenvalue weighted by Crippen LogP contribution is -2.50. The van der Waals surface area contributed by atoms with Crippen LogP contribution in [-0.4, -0.2) is 43.5 Å². The summed E-state index contributed by atoms with van der Waals surface area (Å²) in [5, 5.41) is 7.53. The van der Waals surface area contributed by atoms with Crippen LogP contribution in [0.2, 0.25) is 0 Å². The molecule has 0 saturated carbocycles. The summed E-state index contributed by atoms with van der Waals surface area (Å²) >= 11 is 0. The second-order valence-electron chi connectivity index (χ2n) is 4.82. The van der Waals surface area contributed by atoms with E-state index in [0.717, 1.165) is 25.3 Å². The van der Waals surface area contributed by atoms with Gasteiger partial charge in [0.2, 0.25) is 0 Å². The molecule has 0 bridgehead atoms. The van der Waals surface area contributed by atoms with Crippen molar-refractivity contribution in [3.8, 4) is 0 Å². The van der Waals surface area contributed by atoms with E-state index in [2.05, 4.69) is 23.8 Å². The van der Waals surface area contributed by atoms with E-state index in [1.165, 1.54) is 6.07 Å². The zero-order valence-electron chi connectivity index (χ0n) is 10.8. The van der Waals surface area contributed by atoms with E-state index in [0.29, 0.717) is 6.04 Å². The van der Waals surface area contributed by atoms with Gasteiger partial charge in [-0.05, 0) is 26.1 Å². The van der Waals surface area contributed by atoms with Crippen LogP contribution in [0.15, 0.2) is 18.2 Å². The number of nitrogens with one attached hydrogen (secondary N) is 1. The van der Waals surface area contributed by atoms with Crippen LogP contribution in [0, 0.1) is 11.2 Å². The first-order valence-corrected chi connectivity index (χ1v) is 6.08. The number of likely N-dealkylation sites (N-methyl/N-ethyl adjacent to an activating group) is 1. The zero-order chi connectivity index (χ0) is 13.3. The van der Waals surface area contributed by atoms with Gasteiger partial charge in [-0.15, -0.1) is 0 Å². The molecule has 2 rings (SSSR count). The minimum absolute atomic E-state index is 0.213. The number of halogens is 1. The quantitative estimate of drug-likeness (QED) is 0.613. The lowest BCUT2D eigenvalue weighted by Gasteiger charge is -2.39. The van der Waals surface area contributed by atoms with Crippen LogP contribution in [0.3, 0.4) is 0 Å². The van der Waals surface area contributed by atoms with E-state index in [9.17, 15) is 4.39 Å². The Kier molecular flexibility index (Phi) is 3.52. The van der Waals surface area contributed by atoms with Crippen molar-refractivity contribution < 1.29 is 4.39 Å². The molecule has 1 atom stereocenters. The Labute approximate surface area is 107 Å². The molecular weight excluding hydrogens is 231 g/mol. The van der Waals surface area contributed by atoms with Crippen LogP contribution in [-0.2, 0) is 0 Å². The normalized spacial score (nSPS) is 21.1. The van der Waals surface area contributed by atoms with Crippen LogP contribution in [0.25, 0.3) is 0 Å². The summed E-state index contributed by atoms with van der Waals surface area (Å²) < 4.78 is 13.8. The molecule has 3 N–H and O–H groups in total. The van der Waals surface area contributed by atoms with Crippen molar-refractivity contribution in [1.29, 1.82) is 5.41 Å². The molecule has 98 valence electrons. The molecule has 0 spiro atoms. The third-order valence-corrected chi connectivity index (χ3v) is 3.56. The second-order valence-corrected chi connectivity index (χ2v) is 4.82. The number of nitrogen functional groups attached to an aromatic ring is 1. The molecule has 1 aliphatic rings. The Bertz CT molecular complexity index is 460. The number of nitrogens with two attached hydrogens (primary N) is 1. The Morgan fingerprint density at radius 1 is 1.44 bits per heavy atom. The van der Waals surface area contributed by atoms with E-state index in [-0.39, 0.29) is 11.4 Å². The van der Waals surface area contributed by atoms with Crippen LogP contribution in [0.4, 0.5) is 10.1 Å². The largest absolute Gasteiger partial charge is 0.384 e. The fourth-order valence-electron chi connectivity index (χ4n) is 2.31. The Hall–Kier alpha value is -1.62. The molecule has 1 aliphatic heterocycles. The summed E-state index contributed by atoms with van der Waals surface area (Å²) in [7, 11) is 2.08. The van der Waals surface area contributed by atoms with E-state index in [1.807, 2.05) is 6.07 Å². The highest BCUT2D eigenvalue weighted by molar-refractivity contribution is 6.00. The Morgan fingerprint density at radius 2 is 2.17 bits per heavy atom. The first-order chi connectivity index (χ1) is 8.50. The number of anilines is 1. The van der Waals surface area contributed by atoms with Crippen LogP contribution in [0.1, 0.15) is 12.5 Å². The van der Waals surface area contributed by atoms with E-state index in [4.69, 9.17) is 11.1 Å². The predicted molar refractivity (Wildman–Crippen MR) is 71.7 cm³/mol. The molecule has 0 amide bonds. The summed E-state index contributed by atoms with van der Waals surface area (Å²) in [6.45, 7) is 4.71. The third kappa shape index (κ3) is 2.31. The Balaban J connectivity index is 2.34. The predicted octanol–water partition coefficient (Wildman–Crippen LogP) is 1.25. The van der Waals surface area contributed by atoms with Gasteiger partial charge in [0.05, 0.1) is 11.3 Å². The van der Waals surface area contributed by atoms with Gasteiger partial charge < -0.3 is 15.5 Å². The highest BCUT2D eigenvalue weighted by Gasteiger charge is 2.24. The fourth-order valence-corrected chi connectivity index (χ4v) is 2.31. The van der Waals surface area contributed by atoms with Crippen molar-refractivity contribution >= 4 is 11.5 Å². The number of rotatable bonds is 2. The van der Waals surface area contributed by atoms with Crippen LogP contribution < -0.4 is 10.6 Å². The molecule has 0 aromatic heterocycles. The SMILES string of the molecule is CC1CN(c2cccc(F)c2C(=N)N)CCN1C. The molecule has 0 aliphatic carbocycles. The van der Waals surface area contributed by atoms with Gasteiger partial charge in [-0.2, -0.15) is 0 Å². The lowest BCUT2D eigenvalue weighted by molar-refractivity contribution is 0.234. The van der Waals surface area contributed by atoms with Gasteiger partial charge in [-0.25, -0.2) is 4.39 Å². The summed E-state index contributed by atoms with van der Waals surface area (Å²) in [6, 6.07) is 5.25. The summed E-state index contributed by atoms with van der Waals surface area (Å²) in [4.78, 5) is 4.37. The maximum atomic E-state index is 13.8. The van der Waals surface area contributed by atoms with E-state index >= 15 is 0 Å². The van der Waals surface area contributed by atoms with Gasteiger partial charge in [0.25, 0.3) is 0 Å². The molecular formula is C13H19FN4. The second kappa shape index (κ2) is 4.94. The molecule has 4 nitrogen and oxygen atoms in total. The van der Waals surface area contributed by atoms with Crippen molar-refractivity contribution in [3.63, 3.8) is 0 Å². The standard InChI is InChI=1S/C13H19FN4/c1-9-8-18(7-6-17(9)2)11-5-3-4-10(14)12(11)13(15)16/h3-5,9H,6-8H2,1-2H3,(H3,15,16). The van der Waals surface area contributed by atoms with Crippen LogP contribution in [0.5, 0.6) is 0 Å². The molecule has 18 heavy (non-hydrogen) atoms. The smallest absolute Gasteiger partial charge is 0.136 e. The van der Waals surface area contributed by atoms with Gasteiger partial charge in [-0.3, -0.25) is 5.41 Å². The maximum absolute atomic E-state index is 13.8. The van der Waals surface area contributed by atoms with Gasteiger partial charge in [0.1, 0.15) is 11.7 Å². The zero-order valence-corrected chi connectivity index (χ0v) is 10.8. The topological polar surface area (TPSA) is 56.4 Å². The minimum atomic E-state index is -0.424. The summed E-state index contributed by atoms with van der Waals surface area (Å²) in [5.74, 6) is -0.638. The molecule has 1 fully saturated rings. The molecule has 0 radical (unpaired) electrons. The molecule has 1 aromatic rings. The average Bonchev–Trinajstić information content (AvgIpc) is 2.32. The van der Waals surface area contributed by atoms with Crippen molar-refractivity contribution in [2.75, 3.05) is 31.6 Å². The van der Waals surface area contributed by atoms with Crippen molar-refractivity contribution in [3.05, 3.63) is 29.6 Å². The molecule has 1 heterocycles. The minimum Gasteiger partial charge on any atom is -0.384 e. The number of piperazine rings is 1. The number of hydrogen-bond donors (Lipinski definition) is 2. The summed E-state index contributed by atoms with van der Waals surface area (Å²) in [6.07, 6.45) is 0. The highest BCUT2D eigenvalue weighted by Crippen LogP contribution is 2.25. The number of benzene rings is 1. The molecule has 1 aromatic carbocycles. The fraction of sp³-hybridized carbons (Fsp3) is 0.462. The molecule has 1 saturated heterocycles. The first kappa shape index (κ1) is 12.8. The van der Waals surface area contributed by atoms with Gasteiger partial charge >= 0.3 is 0 Å². The molecule has 1 unspecified atom stereocenters. The van der Waals surface area contributed by atoms with E-state index < -0.39 is 5.82 Å². The lowest BCUT2D eigenvalue weighted by atomic mass is 10.1. The Morgan fingerprint density at radius 3 is 2.78 bits per heavy atom. The molecule has 5 heteroatoms. The third-order valence-electron chi connectivity index (χ3n) is 3.56. The first-order valence-electron chi connectivity index (χ1n) is 6.08. The van der Waals surface area contributed by atoms with Crippen molar-refractivity contribution in [1.82, 2.24) is 4.90 Å². The number of nitrogens with zero attached hydrogens (tertiary/aromatic N) is 2. The monoisotopic (exact) mass is 250 g/mol. The number of amidine groups is 1. The number of hydrogen-bond acceptors (Lipinski definition) is 3. The van der Waals surface area contributed by atoms with Crippen molar-refractivity contribution in [2.45, 2.75) is 13.0 Å². The highest BCUT2D eigenvalue weighted by atomic mass is 19.1. The van der Waals surface area contributed by atoms with E-state index in [1.54, 1.807) is 6.07 Å². The van der Waals surface area contributed by atoms with Gasteiger partial charge in [0.15, 0.2) is 0 Å². The van der Waals surface area contributed by atoms with Gasteiger partial charge in [0, 0.05) is 25.7 Å². The average molecular weight is 250 g/mol. The van der Waals surface area contributed by atoms with Crippen molar-refractivity contribution in [2.24, 2.45) is 5.73 Å². The van der Waals surface area contributed by atoms with Crippen LogP contribution >= 0.6 is 0 Å². The maximum Gasteiger partial charge on any atom is 0.136 e. The summed E-state index contributed by atoms with van der Waals surface area (Å²) in [5.41, 5.74) is 6.43. The van der Waals surface area contributed by atoms with Gasteiger partial charge in [-0.1, -0.05) is 6.07 Å².